The number of nitrogens with one attached hydrogen (secondary N) is 1. The second-order valence-corrected chi connectivity index (χ2v) is 7.60. The summed E-state index contributed by atoms with van der Waals surface area (Å²) >= 11 is 0. The molecule has 2 atom stereocenters. The highest BCUT2D eigenvalue weighted by Crippen LogP contribution is 2.41. The van der Waals surface area contributed by atoms with Crippen LogP contribution in [0.5, 0.6) is 0 Å². The standard InChI is InChI=1S/C23H26N4O/c1-15-7-5-6-8-20(15)25-21-13-16(2)27(17(3)28)23-10-9-18(14-19(21)23)22-11-12-24-26(22)4/h5-12,14,16,21,25H,13H2,1-4H3/t16-,21+/m0/s1. The molecule has 2 aromatic carbocycles. The summed E-state index contributed by atoms with van der Waals surface area (Å²) in [6, 6.07) is 17.0. The fraction of sp³-hybridized carbons (Fsp3) is 0.304. The molecule has 5 nitrogen and oxygen atoms in total. The van der Waals surface area contributed by atoms with E-state index in [4.69, 9.17) is 0 Å². The van der Waals surface area contributed by atoms with E-state index < -0.39 is 0 Å². The largest absolute Gasteiger partial charge is 0.378 e. The molecule has 2 heterocycles. The maximum absolute atomic E-state index is 12.4. The Morgan fingerprint density at radius 1 is 1.18 bits per heavy atom. The van der Waals surface area contributed by atoms with Gasteiger partial charge in [-0.3, -0.25) is 9.48 Å². The van der Waals surface area contributed by atoms with E-state index in [9.17, 15) is 4.79 Å². The van der Waals surface area contributed by atoms with Crippen LogP contribution in [0.4, 0.5) is 11.4 Å². The molecule has 0 aliphatic carbocycles. The molecule has 5 heteroatoms. The number of anilines is 2. The van der Waals surface area contributed by atoms with E-state index in [1.165, 1.54) is 5.56 Å². The summed E-state index contributed by atoms with van der Waals surface area (Å²) in [5.41, 5.74) is 6.65. The zero-order chi connectivity index (χ0) is 19.8. The van der Waals surface area contributed by atoms with Gasteiger partial charge in [0.2, 0.25) is 5.91 Å². The number of amides is 1. The Morgan fingerprint density at radius 3 is 2.64 bits per heavy atom. The number of benzene rings is 2. The first kappa shape index (κ1) is 18.3. The quantitative estimate of drug-likeness (QED) is 0.723. The van der Waals surface area contributed by atoms with Crippen LogP contribution in [0.3, 0.4) is 0 Å². The zero-order valence-corrected chi connectivity index (χ0v) is 16.8. The number of carbonyl (C=O) groups is 1. The molecule has 0 fully saturated rings. The molecule has 0 spiro atoms. The fourth-order valence-corrected chi connectivity index (χ4v) is 4.22. The normalized spacial score (nSPS) is 18.6. The summed E-state index contributed by atoms with van der Waals surface area (Å²) in [7, 11) is 1.95. The Morgan fingerprint density at radius 2 is 1.96 bits per heavy atom. The van der Waals surface area contributed by atoms with Crippen LogP contribution < -0.4 is 10.2 Å². The molecule has 1 N–H and O–H groups in total. The first-order chi connectivity index (χ1) is 13.5. The average Bonchev–Trinajstić information content (AvgIpc) is 3.09. The first-order valence-corrected chi connectivity index (χ1v) is 9.70. The van der Waals surface area contributed by atoms with Crippen LogP contribution in [-0.4, -0.2) is 21.7 Å². The number of hydrogen-bond donors (Lipinski definition) is 1. The highest BCUT2D eigenvalue weighted by molar-refractivity contribution is 5.94. The third-order valence-corrected chi connectivity index (χ3v) is 5.61. The predicted octanol–water partition coefficient (Wildman–Crippen LogP) is 4.69. The lowest BCUT2D eigenvalue weighted by molar-refractivity contribution is -0.117. The SMILES string of the molecule is CC(=O)N1c2ccc(-c3ccnn3C)cc2[C@H](Nc2ccccc2C)C[C@@H]1C. The second kappa shape index (κ2) is 7.15. The summed E-state index contributed by atoms with van der Waals surface area (Å²) in [6.07, 6.45) is 2.66. The fourth-order valence-electron chi connectivity index (χ4n) is 4.22. The van der Waals surface area contributed by atoms with Crippen molar-refractivity contribution in [3.05, 3.63) is 65.9 Å². The Kier molecular flexibility index (Phi) is 4.67. The van der Waals surface area contributed by atoms with E-state index in [0.717, 1.165) is 34.6 Å². The summed E-state index contributed by atoms with van der Waals surface area (Å²) in [4.78, 5) is 14.3. The van der Waals surface area contributed by atoms with Gasteiger partial charge in [0.15, 0.2) is 0 Å². The first-order valence-electron chi connectivity index (χ1n) is 9.70. The summed E-state index contributed by atoms with van der Waals surface area (Å²) in [5.74, 6) is 0.0800. The van der Waals surface area contributed by atoms with Gasteiger partial charge >= 0.3 is 0 Å². The molecule has 144 valence electrons. The molecule has 0 bridgehead atoms. The molecule has 28 heavy (non-hydrogen) atoms. The smallest absolute Gasteiger partial charge is 0.224 e. The van der Waals surface area contributed by atoms with Crippen molar-refractivity contribution in [1.29, 1.82) is 0 Å². The van der Waals surface area contributed by atoms with E-state index >= 15 is 0 Å². The van der Waals surface area contributed by atoms with Crippen molar-refractivity contribution in [3.63, 3.8) is 0 Å². The third kappa shape index (κ3) is 3.17. The topological polar surface area (TPSA) is 50.2 Å². The zero-order valence-electron chi connectivity index (χ0n) is 16.8. The van der Waals surface area contributed by atoms with Crippen molar-refractivity contribution >= 4 is 17.3 Å². The summed E-state index contributed by atoms with van der Waals surface area (Å²) in [5, 5.41) is 8.02. The molecule has 0 saturated heterocycles. The summed E-state index contributed by atoms with van der Waals surface area (Å²) < 4.78 is 1.87. The molecule has 0 unspecified atom stereocenters. The van der Waals surface area contributed by atoms with Gasteiger partial charge in [-0.1, -0.05) is 24.3 Å². The Labute approximate surface area is 166 Å². The van der Waals surface area contributed by atoms with Crippen LogP contribution >= 0.6 is 0 Å². The van der Waals surface area contributed by atoms with E-state index in [1.807, 2.05) is 28.9 Å². The monoisotopic (exact) mass is 374 g/mol. The minimum absolute atomic E-state index is 0.0800. The number of aryl methyl sites for hydroxylation is 2. The molecular weight excluding hydrogens is 348 g/mol. The van der Waals surface area contributed by atoms with Crippen LogP contribution in [0.25, 0.3) is 11.3 Å². The Hall–Kier alpha value is -3.08. The van der Waals surface area contributed by atoms with Gasteiger partial charge in [-0.05, 0) is 55.7 Å². The van der Waals surface area contributed by atoms with E-state index in [-0.39, 0.29) is 18.0 Å². The molecule has 1 aliphatic heterocycles. The van der Waals surface area contributed by atoms with Crippen molar-refractivity contribution in [2.24, 2.45) is 7.05 Å². The van der Waals surface area contributed by atoms with Crippen molar-refractivity contribution < 1.29 is 4.79 Å². The van der Waals surface area contributed by atoms with Crippen LogP contribution in [-0.2, 0) is 11.8 Å². The van der Waals surface area contributed by atoms with Gasteiger partial charge in [0.1, 0.15) is 0 Å². The maximum Gasteiger partial charge on any atom is 0.224 e. The highest BCUT2D eigenvalue weighted by Gasteiger charge is 2.32. The lowest BCUT2D eigenvalue weighted by Gasteiger charge is -2.40. The van der Waals surface area contributed by atoms with Gasteiger partial charge in [0.25, 0.3) is 0 Å². The van der Waals surface area contributed by atoms with E-state index in [2.05, 4.69) is 66.7 Å². The van der Waals surface area contributed by atoms with Crippen LogP contribution in [0, 0.1) is 6.92 Å². The minimum Gasteiger partial charge on any atom is -0.378 e. The molecule has 4 rings (SSSR count). The number of hydrogen-bond acceptors (Lipinski definition) is 3. The minimum atomic E-state index is 0.0800. The number of carbonyl (C=O) groups excluding carboxylic acids is 1. The van der Waals surface area contributed by atoms with Crippen LogP contribution in [0.1, 0.15) is 37.4 Å². The van der Waals surface area contributed by atoms with Gasteiger partial charge in [-0.2, -0.15) is 5.10 Å². The van der Waals surface area contributed by atoms with Crippen molar-refractivity contribution in [3.8, 4) is 11.3 Å². The highest BCUT2D eigenvalue weighted by atomic mass is 16.2. The number of para-hydroxylation sites is 1. The molecule has 0 radical (unpaired) electrons. The second-order valence-electron chi connectivity index (χ2n) is 7.60. The van der Waals surface area contributed by atoms with Crippen molar-refractivity contribution in [2.45, 2.75) is 39.3 Å². The van der Waals surface area contributed by atoms with E-state index in [1.54, 1.807) is 6.92 Å². The number of rotatable bonds is 3. The molecule has 1 amide bonds. The maximum atomic E-state index is 12.4. The predicted molar refractivity (Wildman–Crippen MR) is 113 cm³/mol. The lowest BCUT2D eigenvalue weighted by Crippen LogP contribution is -2.43. The van der Waals surface area contributed by atoms with Gasteiger partial charge in [0.05, 0.1) is 11.7 Å². The lowest BCUT2D eigenvalue weighted by atomic mass is 9.89. The number of nitrogens with zero attached hydrogens (tertiary/aromatic N) is 3. The molecule has 0 saturated carbocycles. The number of fused-ring (bicyclic) bond motifs is 1. The number of aromatic nitrogens is 2. The Balaban J connectivity index is 1.81. The van der Waals surface area contributed by atoms with Crippen molar-refractivity contribution in [1.82, 2.24) is 9.78 Å². The van der Waals surface area contributed by atoms with Gasteiger partial charge in [-0.25, -0.2) is 0 Å². The van der Waals surface area contributed by atoms with E-state index in [0.29, 0.717) is 0 Å². The van der Waals surface area contributed by atoms with Gasteiger partial charge < -0.3 is 10.2 Å². The van der Waals surface area contributed by atoms with Gasteiger partial charge in [-0.15, -0.1) is 0 Å². The molecule has 1 aromatic heterocycles. The Bertz CT molecular complexity index is 1020. The third-order valence-electron chi connectivity index (χ3n) is 5.61. The summed E-state index contributed by atoms with van der Waals surface area (Å²) in [6.45, 7) is 5.87. The van der Waals surface area contributed by atoms with Crippen molar-refractivity contribution in [2.75, 3.05) is 10.2 Å². The van der Waals surface area contributed by atoms with Gasteiger partial charge in [0, 0.05) is 43.1 Å². The molecule has 3 aromatic rings. The molecular formula is C23H26N4O. The molecule has 1 aliphatic rings. The van der Waals surface area contributed by atoms with Crippen LogP contribution in [0.15, 0.2) is 54.7 Å². The van der Waals surface area contributed by atoms with Crippen LogP contribution in [0.2, 0.25) is 0 Å². The average molecular weight is 374 g/mol.